The van der Waals surface area contributed by atoms with Crippen LogP contribution in [-0.4, -0.2) is 24.9 Å². The maximum absolute atomic E-state index is 10.5. The van der Waals surface area contributed by atoms with Gasteiger partial charge < -0.3 is 10.4 Å². The van der Waals surface area contributed by atoms with E-state index in [1.165, 1.54) is 0 Å². The minimum Gasteiger partial charge on any atom is -0.383 e. The van der Waals surface area contributed by atoms with Crippen LogP contribution < -0.4 is 5.32 Å². The van der Waals surface area contributed by atoms with Gasteiger partial charge in [0.2, 0.25) is 5.95 Å². The van der Waals surface area contributed by atoms with Gasteiger partial charge in [-0.1, -0.05) is 6.07 Å². The van der Waals surface area contributed by atoms with Crippen molar-refractivity contribution in [3.63, 3.8) is 0 Å². The van der Waals surface area contributed by atoms with Crippen LogP contribution in [0.4, 0.5) is 11.6 Å². The molecule has 3 aromatic rings. The summed E-state index contributed by atoms with van der Waals surface area (Å²) in [4.78, 5) is 9.71. The van der Waals surface area contributed by atoms with Crippen molar-refractivity contribution < 1.29 is 5.11 Å². The summed E-state index contributed by atoms with van der Waals surface area (Å²) in [6.45, 7) is 2.06. The zero-order valence-electron chi connectivity index (χ0n) is 13.7. The highest BCUT2D eigenvalue weighted by Gasteiger charge is 2.39. The number of nitrogens with one attached hydrogen (secondary N) is 1. The zero-order chi connectivity index (χ0) is 16.7. The van der Waals surface area contributed by atoms with Crippen LogP contribution >= 0.6 is 11.3 Å². The lowest BCUT2D eigenvalue weighted by Crippen LogP contribution is -2.33. The van der Waals surface area contributed by atoms with Gasteiger partial charge in [-0.05, 0) is 49.4 Å². The smallest absolute Gasteiger partial charge is 0.246 e. The summed E-state index contributed by atoms with van der Waals surface area (Å²) in [7, 11) is 1.84. The summed E-state index contributed by atoms with van der Waals surface area (Å²) in [5.41, 5.74) is 2.46. The molecule has 0 bridgehead atoms. The van der Waals surface area contributed by atoms with Crippen molar-refractivity contribution in [1.82, 2.24) is 19.7 Å². The van der Waals surface area contributed by atoms with E-state index in [9.17, 15) is 5.11 Å². The molecule has 1 aromatic carbocycles. The number of anilines is 2. The molecule has 24 heavy (non-hydrogen) atoms. The van der Waals surface area contributed by atoms with Gasteiger partial charge in [0.15, 0.2) is 0 Å². The third-order valence-corrected chi connectivity index (χ3v) is 5.54. The molecule has 0 aliphatic heterocycles. The maximum atomic E-state index is 10.5. The van der Waals surface area contributed by atoms with Crippen LogP contribution in [0.25, 0.3) is 10.4 Å². The van der Waals surface area contributed by atoms with Gasteiger partial charge in [0.05, 0.1) is 4.88 Å². The molecule has 0 saturated heterocycles. The number of aliphatic hydroxyl groups is 1. The van der Waals surface area contributed by atoms with Crippen molar-refractivity contribution in [1.29, 1.82) is 0 Å². The molecule has 0 amide bonds. The minimum absolute atomic E-state index is 0.572. The zero-order valence-corrected chi connectivity index (χ0v) is 14.5. The SMILES string of the molecule is Cc1cc(Nc2ncn(C)n2)cc(-c2cnc(C3(O)CCC3)s2)c1. The Bertz CT molecular complexity index is 881. The predicted molar refractivity (Wildman–Crippen MR) is 94.3 cm³/mol. The van der Waals surface area contributed by atoms with E-state index in [0.29, 0.717) is 5.95 Å². The first-order chi connectivity index (χ1) is 11.5. The number of aryl methyl sites for hydroxylation is 2. The van der Waals surface area contributed by atoms with Gasteiger partial charge in [-0.2, -0.15) is 0 Å². The molecule has 0 atom stereocenters. The summed E-state index contributed by atoms with van der Waals surface area (Å²) in [6.07, 6.45) is 6.21. The predicted octanol–water partition coefficient (Wildman–Crippen LogP) is 3.36. The quantitative estimate of drug-likeness (QED) is 0.761. The van der Waals surface area contributed by atoms with Gasteiger partial charge in [0.1, 0.15) is 16.9 Å². The van der Waals surface area contributed by atoms with Gasteiger partial charge >= 0.3 is 0 Å². The van der Waals surface area contributed by atoms with Gasteiger partial charge in [-0.15, -0.1) is 16.4 Å². The Morgan fingerprint density at radius 1 is 1.25 bits per heavy atom. The Hall–Kier alpha value is -2.25. The second-order valence-corrected chi connectivity index (χ2v) is 7.40. The first-order valence-corrected chi connectivity index (χ1v) is 8.77. The molecule has 1 saturated carbocycles. The summed E-state index contributed by atoms with van der Waals surface area (Å²) < 4.78 is 1.66. The molecule has 0 unspecified atom stereocenters. The topological polar surface area (TPSA) is 75.9 Å². The molecule has 1 aliphatic rings. The fraction of sp³-hybridized carbons (Fsp3) is 0.353. The number of aromatic nitrogens is 4. The fourth-order valence-corrected chi connectivity index (χ4v) is 3.92. The highest BCUT2D eigenvalue weighted by molar-refractivity contribution is 7.15. The molecule has 2 heterocycles. The average Bonchev–Trinajstić information content (AvgIpc) is 3.14. The van der Waals surface area contributed by atoms with Gasteiger partial charge in [0.25, 0.3) is 0 Å². The third-order valence-electron chi connectivity index (χ3n) is 4.30. The Morgan fingerprint density at radius 3 is 2.75 bits per heavy atom. The lowest BCUT2D eigenvalue weighted by Gasteiger charge is -2.34. The molecule has 1 aliphatic carbocycles. The molecule has 2 N–H and O–H groups in total. The lowest BCUT2D eigenvalue weighted by atomic mass is 9.81. The molecule has 0 spiro atoms. The average molecular weight is 341 g/mol. The van der Waals surface area contributed by atoms with Crippen molar-refractivity contribution in [2.45, 2.75) is 31.8 Å². The van der Waals surface area contributed by atoms with E-state index >= 15 is 0 Å². The van der Waals surface area contributed by atoms with E-state index in [-0.39, 0.29) is 0 Å². The number of benzene rings is 1. The highest BCUT2D eigenvalue weighted by atomic mass is 32.1. The normalized spacial score (nSPS) is 16.0. The second kappa shape index (κ2) is 5.68. The van der Waals surface area contributed by atoms with Crippen molar-refractivity contribution in [3.05, 3.63) is 41.3 Å². The Morgan fingerprint density at radius 2 is 2.08 bits per heavy atom. The van der Waals surface area contributed by atoms with Crippen molar-refractivity contribution in [3.8, 4) is 10.4 Å². The molecule has 4 rings (SSSR count). The van der Waals surface area contributed by atoms with Crippen LogP contribution in [-0.2, 0) is 12.6 Å². The first-order valence-electron chi connectivity index (χ1n) is 7.95. The number of hydrogen-bond acceptors (Lipinski definition) is 6. The van der Waals surface area contributed by atoms with E-state index in [0.717, 1.165) is 46.0 Å². The third kappa shape index (κ3) is 2.81. The van der Waals surface area contributed by atoms with Crippen molar-refractivity contribution >= 4 is 23.0 Å². The fourth-order valence-electron chi connectivity index (χ4n) is 2.87. The second-order valence-electron chi connectivity index (χ2n) is 6.37. The van der Waals surface area contributed by atoms with Gasteiger partial charge in [0, 0.05) is 18.9 Å². The van der Waals surface area contributed by atoms with E-state index in [1.54, 1.807) is 22.3 Å². The monoisotopic (exact) mass is 341 g/mol. The van der Waals surface area contributed by atoms with E-state index < -0.39 is 5.60 Å². The highest BCUT2D eigenvalue weighted by Crippen LogP contribution is 2.44. The van der Waals surface area contributed by atoms with Crippen LogP contribution in [0, 0.1) is 6.92 Å². The number of hydrogen-bond donors (Lipinski definition) is 2. The van der Waals surface area contributed by atoms with Crippen molar-refractivity contribution in [2.24, 2.45) is 7.05 Å². The van der Waals surface area contributed by atoms with E-state index in [2.05, 4.69) is 45.5 Å². The molecular formula is C17H19N5OS. The lowest BCUT2D eigenvalue weighted by molar-refractivity contribution is -0.0389. The van der Waals surface area contributed by atoms with E-state index in [4.69, 9.17) is 0 Å². The van der Waals surface area contributed by atoms with Gasteiger partial charge in [-0.25, -0.2) is 9.97 Å². The Kier molecular flexibility index (Phi) is 3.62. The van der Waals surface area contributed by atoms with Gasteiger partial charge in [-0.3, -0.25) is 4.68 Å². The van der Waals surface area contributed by atoms with Crippen LogP contribution in [0.3, 0.4) is 0 Å². The summed E-state index contributed by atoms with van der Waals surface area (Å²) in [5.74, 6) is 0.572. The van der Waals surface area contributed by atoms with Crippen LogP contribution in [0.2, 0.25) is 0 Å². The Balaban J connectivity index is 1.63. The standard InChI is InChI=1S/C17H19N5OS/c1-11-6-12(8-13(7-11)20-16-19-10-22(2)21-16)14-9-18-15(24-14)17(23)4-3-5-17/h6-10,23H,3-5H2,1-2H3,(H,20,21). The Labute approximate surface area is 144 Å². The first kappa shape index (κ1) is 15.3. The number of rotatable bonds is 4. The van der Waals surface area contributed by atoms with Crippen LogP contribution in [0.1, 0.15) is 29.8 Å². The van der Waals surface area contributed by atoms with Crippen molar-refractivity contribution in [2.75, 3.05) is 5.32 Å². The molecule has 1 fully saturated rings. The molecule has 0 radical (unpaired) electrons. The van der Waals surface area contributed by atoms with E-state index in [1.807, 2.05) is 13.2 Å². The van der Waals surface area contributed by atoms with Crippen LogP contribution in [0.5, 0.6) is 0 Å². The number of thiazole rings is 1. The molecular weight excluding hydrogens is 322 g/mol. The molecule has 2 aromatic heterocycles. The number of nitrogens with zero attached hydrogens (tertiary/aromatic N) is 4. The molecule has 7 heteroatoms. The van der Waals surface area contributed by atoms with Crippen LogP contribution in [0.15, 0.2) is 30.7 Å². The molecule has 6 nitrogen and oxygen atoms in total. The summed E-state index contributed by atoms with van der Waals surface area (Å²) in [5, 5.41) is 18.8. The maximum Gasteiger partial charge on any atom is 0.246 e. The largest absolute Gasteiger partial charge is 0.383 e. The summed E-state index contributed by atoms with van der Waals surface area (Å²) >= 11 is 1.57. The minimum atomic E-state index is -0.703. The summed E-state index contributed by atoms with van der Waals surface area (Å²) in [6, 6.07) is 6.24. The molecule has 124 valence electrons.